The van der Waals surface area contributed by atoms with E-state index in [1.807, 2.05) is 53.4 Å². The van der Waals surface area contributed by atoms with E-state index >= 15 is 0 Å². The number of anilines is 2. The fourth-order valence-corrected chi connectivity index (χ4v) is 5.34. The molecule has 188 valence electrons. The third-order valence-corrected chi connectivity index (χ3v) is 7.88. The molecule has 2 aliphatic heterocycles. The molecule has 2 saturated heterocycles. The number of ether oxygens (including phenoxy) is 1. The zero-order valence-corrected chi connectivity index (χ0v) is 21.8. The number of methoxy groups -OCH3 is 1. The summed E-state index contributed by atoms with van der Waals surface area (Å²) in [6.45, 7) is 4.48. The summed E-state index contributed by atoms with van der Waals surface area (Å²) in [5, 5.41) is 10.0. The summed E-state index contributed by atoms with van der Waals surface area (Å²) in [4.78, 5) is 19.6. The number of hydrogen-bond donors (Lipinski definition) is 0. The van der Waals surface area contributed by atoms with Crippen LogP contribution in [0.1, 0.15) is 12.8 Å². The second-order valence-electron chi connectivity index (χ2n) is 9.15. The van der Waals surface area contributed by atoms with E-state index in [1.165, 1.54) is 0 Å². The van der Waals surface area contributed by atoms with Gasteiger partial charge in [-0.3, -0.25) is 4.79 Å². The number of rotatable bonds is 5. The van der Waals surface area contributed by atoms with Gasteiger partial charge >= 0.3 is 0 Å². The average Bonchev–Trinajstić information content (AvgIpc) is 2.94. The lowest BCUT2D eigenvalue weighted by Crippen LogP contribution is -2.51. The van der Waals surface area contributed by atoms with E-state index < -0.39 is 0 Å². The fraction of sp³-hybridized carbons (Fsp3) is 0.370. The number of aromatic nitrogens is 2. The highest BCUT2D eigenvalue weighted by Crippen LogP contribution is 2.33. The van der Waals surface area contributed by atoms with Crippen molar-refractivity contribution in [3.8, 4) is 17.0 Å². The Morgan fingerprint density at radius 2 is 1.58 bits per heavy atom. The van der Waals surface area contributed by atoms with Gasteiger partial charge in [-0.05, 0) is 61.4 Å². The fourth-order valence-electron chi connectivity index (χ4n) is 4.93. The third-order valence-electron chi connectivity index (χ3n) is 7.07. The van der Waals surface area contributed by atoms with Gasteiger partial charge in [-0.25, -0.2) is 0 Å². The molecule has 0 radical (unpaired) electrons. The molecule has 0 unspecified atom stereocenters. The largest absolute Gasteiger partial charge is 0.497 e. The molecule has 5 rings (SSSR count). The van der Waals surface area contributed by atoms with Gasteiger partial charge in [-0.2, -0.15) is 0 Å². The molecule has 0 bridgehead atoms. The minimum absolute atomic E-state index is 0.0501. The minimum Gasteiger partial charge on any atom is -0.497 e. The molecule has 1 aromatic heterocycles. The molecule has 7 nitrogen and oxygen atoms in total. The summed E-state index contributed by atoms with van der Waals surface area (Å²) >= 11 is 12.6. The Bertz CT molecular complexity index is 1190. The van der Waals surface area contributed by atoms with Crippen molar-refractivity contribution >= 4 is 40.6 Å². The molecule has 0 atom stereocenters. The lowest BCUT2D eigenvalue weighted by Gasteiger charge is -2.39. The second-order valence-corrected chi connectivity index (χ2v) is 9.94. The Kier molecular flexibility index (Phi) is 7.48. The topological polar surface area (TPSA) is 61.8 Å². The summed E-state index contributed by atoms with van der Waals surface area (Å²) in [6.07, 6.45) is 1.64. The molecule has 3 aromatic rings. The van der Waals surface area contributed by atoms with Crippen LogP contribution in [0.4, 0.5) is 11.5 Å². The van der Waals surface area contributed by atoms with Crippen LogP contribution in [0.25, 0.3) is 11.3 Å². The third kappa shape index (κ3) is 5.22. The van der Waals surface area contributed by atoms with Crippen LogP contribution >= 0.6 is 23.2 Å². The number of benzene rings is 2. The molecule has 1 amide bonds. The molecule has 3 heterocycles. The van der Waals surface area contributed by atoms with Crippen molar-refractivity contribution in [3.05, 3.63) is 64.6 Å². The highest BCUT2D eigenvalue weighted by atomic mass is 35.5. The van der Waals surface area contributed by atoms with Gasteiger partial charge in [-0.15, -0.1) is 10.2 Å². The highest BCUT2D eigenvalue weighted by Gasteiger charge is 2.31. The van der Waals surface area contributed by atoms with Gasteiger partial charge in [0.1, 0.15) is 5.75 Å². The summed E-state index contributed by atoms with van der Waals surface area (Å²) in [5.41, 5.74) is 2.75. The van der Waals surface area contributed by atoms with Crippen LogP contribution in [0.15, 0.2) is 54.6 Å². The van der Waals surface area contributed by atoms with Crippen molar-refractivity contribution in [1.82, 2.24) is 15.1 Å². The minimum atomic E-state index is 0.0501. The van der Waals surface area contributed by atoms with Crippen LogP contribution in [-0.2, 0) is 4.79 Å². The highest BCUT2D eigenvalue weighted by molar-refractivity contribution is 6.43. The van der Waals surface area contributed by atoms with Crippen molar-refractivity contribution in [2.24, 2.45) is 5.92 Å². The Morgan fingerprint density at radius 1 is 0.861 bits per heavy atom. The lowest BCUT2D eigenvalue weighted by atomic mass is 9.95. The number of halogens is 2. The van der Waals surface area contributed by atoms with Crippen LogP contribution in [0.3, 0.4) is 0 Å². The maximum absolute atomic E-state index is 13.2. The van der Waals surface area contributed by atoms with Crippen molar-refractivity contribution < 1.29 is 9.53 Å². The number of amides is 1. The maximum atomic E-state index is 13.2. The summed E-state index contributed by atoms with van der Waals surface area (Å²) in [6, 6.07) is 17.5. The van der Waals surface area contributed by atoms with Crippen molar-refractivity contribution in [2.75, 3.05) is 56.2 Å². The number of piperazine rings is 1. The maximum Gasteiger partial charge on any atom is 0.225 e. The first-order chi connectivity index (χ1) is 17.5. The zero-order chi connectivity index (χ0) is 25.1. The SMILES string of the molecule is COc1ccc(-c2ccc(N3CCC(C(=O)N4CCN(c5cccc(Cl)c5Cl)CC4)CC3)nn2)cc1. The second kappa shape index (κ2) is 10.9. The first-order valence-corrected chi connectivity index (χ1v) is 13.0. The number of hydrogen-bond acceptors (Lipinski definition) is 6. The van der Waals surface area contributed by atoms with Crippen LogP contribution in [0, 0.1) is 5.92 Å². The van der Waals surface area contributed by atoms with E-state index in [1.54, 1.807) is 13.2 Å². The summed E-state index contributed by atoms with van der Waals surface area (Å²) in [5.74, 6) is 1.97. The lowest BCUT2D eigenvalue weighted by molar-refractivity contribution is -0.136. The first-order valence-electron chi connectivity index (χ1n) is 12.2. The summed E-state index contributed by atoms with van der Waals surface area (Å²) in [7, 11) is 1.65. The van der Waals surface area contributed by atoms with Crippen LogP contribution in [-0.4, -0.2) is 67.4 Å². The van der Waals surface area contributed by atoms with E-state index in [0.29, 0.717) is 23.1 Å². The van der Waals surface area contributed by atoms with Gasteiger partial charge in [-0.1, -0.05) is 29.3 Å². The van der Waals surface area contributed by atoms with Crippen LogP contribution in [0.5, 0.6) is 5.75 Å². The number of carbonyl (C=O) groups excluding carboxylic acids is 1. The molecule has 0 aliphatic carbocycles. The quantitative estimate of drug-likeness (QED) is 0.465. The van der Waals surface area contributed by atoms with E-state index in [-0.39, 0.29) is 11.8 Å². The molecular formula is C27H29Cl2N5O2. The normalized spacial score (nSPS) is 16.8. The Labute approximate surface area is 221 Å². The molecule has 9 heteroatoms. The van der Waals surface area contributed by atoms with Gasteiger partial charge < -0.3 is 19.4 Å². The van der Waals surface area contributed by atoms with E-state index in [9.17, 15) is 4.79 Å². The van der Waals surface area contributed by atoms with Crippen molar-refractivity contribution in [2.45, 2.75) is 12.8 Å². The number of nitrogens with zero attached hydrogens (tertiary/aromatic N) is 5. The van der Waals surface area contributed by atoms with Gasteiger partial charge in [0.15, 0.2) is 5.82 Å². The Morgan fingerprint density at radius 3 is 2.22 bits per heavy atom. The van der Waals surface area contributed by atoms with Crippen molar-refractivity contribution in [1.29, 1.82) is 0 Å². The van der Waals surface area contributed by atoms with Gasteiger partial charge in [0, 0.05) is 50.7 Å². The van der Waals surface area contributed by atoms with E-state index in [0.717, 1.165) is 67.5 Å². The number of piperidine rings is 1. The van der Waals surface area contributed by atoms with Gasteiger partial charge in [0.25, 0.3) is 0 Å². The van der Waals surface area contributed by atoms with Gasteiger partial charge in [0.2, 0.25) is 5.91 Å². The monoisotopic (exact) mass is 525 g/mol. The summed E-state index contributed by atoms with van der Waals surface area (Å²) < 4.78 is 5.22. The Hall–Kier alpha value is -3.03. The molecule has 2 fully saturated rings. The average molecular weight is 526 g/mol. The van der Waals surface area contributed by atoms with Crippen molar-refractivity contribution in [3.63, 3.8) is 0 Å². The molecule has 0 saturated carbocycles. The molecule has 2 aliphatic rings. The van der Waals surface area contributed by atoms with E-state index in [4.69, 9.17) is 27.9 Å². The molecule has 2 aromatic carbocycles. The van der Waals surface area contributed by atoms with Crippen LogP contribution in [0.2, 0.25) is 10.0 Å². The Balaban J connectivity index is 1.13. The smallest absolute Gasteiger partial charge is 0.225 e. The molecule has 36 heavy (non-hydrogen) atoms. The zero-order valence-electron chi connectivity index (χ0n) is 20.2. The predicted molar refractivity (Wildman–Crippen MR) is 144 cm³/mol. The molecular weight excluding hydrogens is 497 g/mol. The standard InChI is InChI=1S/C27H29Cl2N5O2/c1-36-21-7-5-19(6-8-21)23-9-10-25(31-30-23)33-13-11-20(12-14-33)27(35)34-17-15-32(16-18-34)24-4-2-3-22(28)26(24)29/h2-10,20H,11-18H2,1H3. The molecule has 0 spiro atoms. The van der Waals surface area contributed by atoms with E-state index in [2.05, 4.69) is 20.0 Å². The van der Waals surface area contributed by atoms with Gasteiger partial charge in [0.05, 0.1) is 28.5 Å². The number of carbonyl (C=O) groups is 1. The molecule has 0 N–H and O–H groups in total. The first kappa shape index (κ1) is 24.7. The van der Waals surface area contributed by atoms with Crippen LogP contribution < -0.4 is 14.5 Å². The predicted octanol–water partition coefficient (Wildman–Crippen LogP) is 5.02.